The zero-order valence-corrected chi connectivity index (χ0v) is 10.2. The molecule has 0 saturated carbocycles. The second-order valence-electron chi connectivity index (χ2n) is 4.59. The van der Waals surface area contributed by atoms with Gasteiger partial charge in [-0.1, -0.05) is 57.5 Å². The first-order valence-corrected chi connectivity index (χ1v) is 5.96. The fourth-order valence-electron chi connectivity index (χ4n) is 2.00. The van der Waals surface area contributed by atoms with Crippen LogP contribution in [0.5, 0.6) is 0 Å². The predicted molar refractivity (Wildman–Crippen MR) is 66.7 cm³/mol. The molecule has 0 radical (unpaired) electrons. The summed E-state index contributed by atoms with van der Waals surface area (Å²) in [7, 11) is 0. The molecule has 0 bridgehead atoms. The number of benzene rings is 1. The highest BCUT2D eigenvalue weighted by Crippen LogP contribution is 2.30. The van der Waals surface area contributed by atoms with Gasteiger partial charge in [-0.3, -0.25) is 0 Å². The van der Waals surface area contributed by atoms with Gasteiger partial charge in [-0.2, -0.15) is 0 Å². The first-order valence-electron chi connectivity index (χ1n) is 5.96. The molecule has 2 atom stereocenters. The number of hydrogen-bond acceptors (Lipinski definition) is 1. The normalized spacial score (nSPS) is 17.1. The van der Waals surface area contributed by atoms with Gasteiger partial charge in [-0.15, -0.1) is 0 Å². The van der Waals surface area contributed by atoms with Gasteiger partial charge in [0, 0.05) is 5.54 Å². The van der Waals surface area contributed by atoms with Crippen LogP contribution >= 0.6 is 0 Å². The van der Waals surface area contributed by atoms with E-state index in [0.29, 0.717) is 5.92 Å². The van der Waals surface area contributed by atoms with Gasteiger partial charge in [-0.25, -0.2) is 0 Å². The van der Waals surface area contributed by atoms with Crippen LogP contribution in [-0.2, 0) is 5.54 Å². The summed E-state index contributed by atoms with van der Waals surface area (Å²) in [4.78, 5) is 0. The lowest BCUT2D eigenvalue weighted by molar-refractivity contribution is 0.320. The molecular weight excluding hydrogens is 182 g/mol. The predicted octanol–water partition coefficient (Wildman–Crippen LogP) is 3.69. The Morgan fingerprint density at radius 2 is 1.80 bits per heavy atom. The van der Waals surface area contributed by atoms with Crippen molar-refractivity contribution in [3.8, 4) is 0 Å². The molecule has 1 rings (SSSR count). The molecule has 0 aliphatic rings. The molecule has 15 heavy (non-hydrogen) atoms. The van der Waals surface area contributed by atoms with E-state index in [-0.39, 0.29) is 5.54 Å². The highest BCUT2D eigenvalue weighted by Gasteiger charge is 2.26. The summed E-state index contributed by atoms with van der Waals surface area (Å²) >= 11 is 0. The quantitative estimate of drug-likeness (QED) is 0.779. The largest absolute Gasteiger partial charge is 0.321 e. The summed E-state index contributed by atoms with van der Waals surface area (Å²) in [5, 5.41) is 0. The lowest BCUT2D eigenvalue weighted by Gasteiger charge is -2.31. The zero-order chi connectivity index (χ0) is 11.3. The highest BCUT2D eigenvalue weighted by atomic mass is 14.7. The molecule has 0 aliphatic carbocycles. The first-order chi connectivity index (χ1) is 7.12. The molecule has 1 nitrogen and oxygen atoms in total. The number of nitrogens with two attached hydrogens (primary N) is 1. The van der Waals surface area contributed by atoms with Crippen LogP contribution in [-0.4, -0.2) is 0 Å². The van der Waals surface area contributed by atoms with Crippen LogP contribution in [0, 0.1) is 5.92 Å². The Bertz CT molecular complexity index is 281. The second kappa shape index (κ2) is 5.32. The molecule has 0 amide bonds. The Labute approximate surface area is 93.7 Å². The Hall–Kier alpha value is -0.820. The fraction of sp³-hybridized carbons (Fsp3) is 0.571. The lowest BCUT2D eigenvalue weighted by atomic mass is 9.80. The van der Waals surface area contributed by atoms with Gasteiger partial charge in [0.15, 0.2) is 0 Å². The van der Waals surface area contributed by atoms with Crippen molar-refractivity contribution < 1.29 is 0 Å². The minimum Gasteiger partial charge on any atom is -0.321 e. The summed E-state index contributed by atoms with van der Waals surface area (Å²) < 4.78 is 0. The molecule has 0 aromatic heterocycles. The van der Waals surface area contributed by atoms with Crippen molar-refractivity contribution in [2.24, 2.45) is 11.7 Å². The summed E-state index contributed by atoms with van der Waals surface area (Å²) in [6.45, 7) is 6.68. The Morgan fingerprint density at radius 1 is 1.20 bits per heavy atom. The second-order valence-corrected chi connectivity index (χ2v) is 4.59. The van der Waals surface area contributed by atoms with Gasteiger partial charge in [-0.05, 0) is 24.3 Å². The maximum atomic E-state index is 6.50. The van der Waals surface area contributed by atoms with Crippen LogP contribution in [0.2, 0.25) is 0 Å². The van der Waals surface area contributed by atoms with Crippen molar-refractivity contribution in [3.05, 3.63) is 35.9 Å². The molecule has 1 aromatic rings. The Morgan fingerprint density at radius 3 is 2.27 bits per heavy atom. The van der Waals surface area contributed by atoms with E-state index in [1.54, 1.807) is 0 Å². The summed E-state index contributed by atoms with van der Waals surface area (Å²) in [5.41, 5.74) is 7.62. The number of hydrogen-bond donors (Lipinski definition) is 1. The average molecular weight is 205 g/mol. The van der Waals surface area contributed by atoms with Crippen molar-refractivity contribution >= 4 is 0 Å². The molecule has 1 aromatic carbocycles. The van der Waals surface area contributed by atoms with Gasteiger partial charge < -0.3 is 5.73 Å². The molecule has 2 N–H and O–H groups in total. The monoisotopic (exact) mass is 205 g/mol. The van der Waals surface area contributed by atoms with E-state index in [9.17, 15) is 0 Å². The van der Waals surface area contributed by atoms with Crippen LogP contribution in [0.25, 0.3) is 0 Å². The molecular formula is C14H23N. The lowest BCUT2D eigenvalue weighted by Crippen LogP contribution is -2.37. The van der Waals surface area contributed by atoms with Crippen molar-refractivity contribution in [3.63, 3.8) is 0 Å². The van der Waals surface area contributed by atoms with E-state index in [1.165, 1.54) is 12.0 Å². The van der Waals surface area contributed by atoms with E-state index in [0.717, 1.165) is 12.8 Å². The van der Waals surface area contributed by atoms with E-state index in [4.69, 9.17) is 5.73 Å². The van der Waals surface area contributed by atoms with Crippen LogP contribution < -0.4 is 5.73 Å². The van der Waals surface area contributed by atoms with Crippen molar-refractivity contribution in [2.75, 3.05) is 0 Å². The molecule has 0 spiro atoms. The smallest absolute Gasteiger partial charge is 0.0409 e. The summed E-state index contributed by atoms with van der Waals surface area (Å²) in [5.74, 6) is 0.690. The van der Waals surface area contributed by atoms with Crippen LogP contribution in [0.4, 0.5) is 0 Å². The summed E-state index contributed by atoms with van der Waals surface area (Å²) in [6.07, 6.45) is 3.27. The van der Waals surface area contributed by atoms with Crippen molar-refractivity contribution in [1.29, 1.82) is 0 Å². The van der Waals surface area contributed by atoms with Crippen LogP contribution in [0.15, 0.2) is 30.3 Å². The van der Waals surface area contributed by atoms with Gasteiger partial charge in [0.1, 0.15) is 0 Å². The average Bonchev–Trinajstić information content (AvgIpc) is 2.30. The minimum absolute atomic E-state index is 0.142. The van der Waals surface area contributed by atoms with Gasteiger partial charge >= 0.3 is 0 Å². The van der Waals surface area contributed by atoms with Gasteiger partial charge in [0.25, 0.3) is 0 Å². The van der Waals surface area contributed by atoms with E-state index in [2.05, 4.69) is 45.0 Å². The van der Waals surface area contributed by atoms with Crippen LogP contribution in [0.3, 0.4) is 0 Å². The first kappa shape index (κ1) is 12.3. The standard InChI is InChI=1S/C14H23N/c1-4-12(3)11-14(15,5-2)13-9-7-6-8-10-13/h6-10,12H,4-5,11,15H2,1-3H3. The third kappa shape index (κ3) is 3.07. The molecule has 0 aliphatic heterocycles. The number of rotatable bonds is 5. The van der Waals surface area contributed by atoms with E-state index in [1.807, 2.05) is 6.07 Å². The topological polar surface area (TPSA) is 26.0 Å². The Balaban J connectivity index is 2.85. The summed E-state index contributed by atoms with van der Waals surface area (Å²) in [6, 6.07) is 10.5. The van der Waals surface area contributed by atoms with E-state index >= 15 is 0 Å². The Kier molecular flexibility index (Phi) is 4.34. The third-order valence-electron chi connectivity index (χ3n) is 3.39. The fourth-order valence-corrected chi connectivity index (χ4v) is 2.00. The van der Waals surface area contributed by atoms with Crippen molar-refractivity contribution in [1.82, 2.24) is 0 Å². The zero-order valence-electron chi connectivity index (χ0n) is 10.2. The molecule has 0 saturated heterocycles. The maximum absolute atomic E-state index is 6.50. The maximum Gasteiger partial charge on any atom is 0.0409 e. The van der Waals surface area contributed by atoms with Gasteiger partial charge in [0.2, 0.25) is 0 Å². The van der Waals surface area contributed by atoms with E-state index < -0.39 is 0 Å². The van der Waals surface area contributed by atoms with Crippen LogP contribution in [0.1, 0.15) is 45.6 Å². The third-order valence-corrected chi connectivity index (χ3v) is 3.39. The highest BCUT2D eigenvalue weighted by molar-refractivity contribution is 5.23. The minimum atomic E-state index is -0.142. The SMILES string of the molecule is CCC(C)CC(N)(CC)c1ccccc1. The van der Waals surface area contributed by atoms with Gasteiger partial charge in [0.05, 0.1) is 0 Å². The molecule has 84 valence electrons. The molecule has 1 heteroatoms. The molecule has 0 heterocycles. The molecule has 2 unspecified atom stereocenters. The molecule has 0 fully saturated rings. The van der Waals surface area contributed by atoms with Crippen molar-refractivity contribution in [2.45, 2.75) is 45.6 Å².